The zero-order valence-electron chi connectivity index (χ0n) is 21.8. The second-order valence-corrected chi connectivity index (χ2v) is 11.0. The number of methoxy groups -OCH3 is 1. The zero-order chi connectivity index (χ0) is 24.9. The molecule has 0 radical (unpaired) electrons. The lowest BCUT2D eigenvalue weighted by Crippen LogP contribution is -2.49. The maximum absolute atomic E-state index is 12.4. The van der Waals surface area contributed by atoms with Gasteiger partial charge in [-0.3, -0.25) is 4.90 Å². The number of hydrogen-bond donors (Lipinski definition) is 1. The Labute approximate surface area is 211 Å². The monoisotopic (exact) mass is 471 g/mol. The highest BCUT2D eigenvalue weighted by Crippen LogP contribution is 2.43. The molecule has 186 valence electrons. The van der Waals surface area contributed by atoms with Gasteiger partial charge in [0, 0.05) is 20.2 Å². The van der Waals surface area contributed by atoms with Crippen molar-refractivity contribution in [3.05, 3.63) is 107 Å². The molecule has 1 heterocycles. The predicted octanol–water partition coefficient (Wildman–Crippen LogP) is 6.99. The van der Waals surface area contributed by atoms with Gasteiger partial charge in [0.15, 0.2) is 0 Å². The largest absolute Gasteiger partial charge is 0.371 e. The third-order valence-electron chi connectivity index (χ3n) is 7.75. The molecule has 1 N–H and O–H groups in total. The van der Waals surface area contributed by atoms with Crippen molar-refractivity contribution < 1.29 is 9.84 Å². The van der Waals surface area contributed by atoms with Crippen LogP contribution in [0.25, 0.3) is 0 Å². The van der Waals surface area contributed by atoms with Crippen LogP contribution < -0.4 is 0 Å². The van der Waals surface area contributed by atoms with Gasteiger partial charge in [0.05, 0.1) is 0 Å². The molecule has 3 aromatic carbocycles. The summed E-state index contributed by atoms with van der Waals surface area (Å²) in [4.78, 5) is 2.29. The van der Waals surface area contributed by atoms with Gasteiger partial charge in [0.2, 0.25) is 0 Å². The van der Waals surface area contributed by atoms with Gasteiger partial charge in [-0.1, -0.05) is 112 Å². The molecule has 1 atom stereocenters. The Morgan fingerprint density at radius 3 is 1.60 bits per heavy atom. The highest BCUT2D eigenvalue weighted by atomic mass is 16.5. The van der Waals surface area contributed by atoms with Crippen LogP contribution in [0.15, 0.2) is 84.9 Å². The van der Waals surface area contributed by atoms with E-state index < -0.39 is 11.3 Å². The third-order valence-corrected chi connectivity index (χ3v) is 7.75. The van der Waals surface area contributed by atoms with Crippen LogP contribution >= 0.6 is 0 Å². The quantitative estimate of drug-likeness (QED) is 0.384. The average Bonchev–Trinajstić information content (AvgIpc) is 2.90. The van der Waals surface area contributed by atoms with E-state index in [1.807, 2.05) is 12.1 Å². The normalized spacial score (nSPS) is 17.2. The molecule has 1 unspecified atom stereocenters. The van der Waals surface area contributed by atoms with E-state index in [0.29, 0.717) is 12.8 Å². The van der Waals surface area contributed by atoms with Crippen molar-refractivity contribution in [2.75, 3.05) is 20.2 Å². The Bertz CT molecular complexity index is 1010. The van der Waals surface area contributed by atoms with E-state index in [1.54, 1.807) is 7.11 Å². The number of ether oxygens (including phenoxy) is 1. The summed E-state index contributed by atoms with van der Waals surface area (Å²) in [5, 5.41) is 12.4. The Morgan fingerprint density at radius 2 is 1.14 bits per heavy atom. The summed E-state index contributed by atoms with van der Waals surface area (Å²) >= 11 is 0. The molecule has 0 bridgehead atoms. The van der Waals surface area contributed by atoms with Crippen molar-refractivity contribution >= 4 is 0 Å². The molecule has 35 heavy (non-hydrogen) atoms. The van der Waals surface area contributed by atoms with E-state index in [0.717, 1.165) is 42.6 Å². The smallest absolute Gasteiger partial charge is 0.144 e. The van der Waals surface area contributed by atoms with Crippen molar-refractivity contribution in [3.8, 4) is 0 Å². The number of aliphatic hydroxyl groups is 1. The summed E-state index contributed by atoms with van der Waals surface area (Å²) in [6.45, 7) is 8.50. The molecule has 3 nitrogen and oxygen atoms in total. The molecular weight excluding hydrogens is 430 g/mol. The first-order valence-electron chi connectivity index (χ1n) is 13.0. The van der Waals surface area contributed by atoms with Gasteiger partial charge in [-0.05, 0) is 53.4 Å². The van der Waals surface area contributed by atoms with Crippen molar-refractivity contribution in [1.29, 1.82) is 0 Å². The van der Waals surface area contributed by atoms with Gasteiger partial charge in [-0.15, -0.1) is 0 Å². The minimum atomic E-state index is -1.05. The lowest BCUT2D eigenvalue weighted by Gasteiger charge is -2.45. The molecular formula is C32H41NO2. The number of hydrogen-bond acceptors (Lipinski definition) is 3. The van der Waals surface area contributed by atoms with Gasteiger partial charge >= 0.3 is 0 Å². The number of nitrogens with zero attached hydrogens (tertiary/aromatic N) is 1. The van der Waals surface area contributed by atoms with E-state index in [2.05, 4.69) is 98.5 Å². The summed E-state index contributed by atoms with van der Waals surface area (Å²) in [6.07, 6.45) is 4.70. The first kappa shape index (κ1) is 25.6. The van der Waals surface area contributed by atoms with Crippen LogP contribution in [-0.2, 0) is 21.5 Å². The van der Waals surface area contributed by atoms with E-state index in [-0.39, 0.29) is 5.41 Å². The number of likely N-dealkylation sites (tertiary alicyclic amines) is 1. The lowest BCUT2D eigenvalue weighted by molar-refractivity contribution is -0.141. The molecule has 0 aromatic heterocycles. The molecule has 0 aliphatic carbocycles. The van der Waals surface area contributed by atoms with Gasteiger partial charge in [0.25, 0.3) is 0 Å². The zero-order valence-corrected chi connectivity index (χ0v) is 21.8. The van der Waals surface area contributed by atoms with Crippen LogP contribution in [0.3, 0.4) is 0 Å². The average molecular weight is 472 g/mol. The SMILES string of the molecule is COC(CCC(O)(c1ccc(C(C)(C)C)cc1)N1CCCCC1)(c1ccccc1)c1ccccc1. The molecule has 3 aromatic rings. The van der Waals surface area contributed by atoms with Gasteiger partial charge in [-0.25, -0.2) is 0 Å². The van der Waals surface area contributed by atoms with Crippen molar-refractivity contribution in [2.24, 2.45) is 0 Å². The van der Waals surface area contributed by atoms with E-state index >= 15 is 0 Å². The van der Waals surface area contributed by atoms with Crippen LogP contribution in [-0.4, -0.2) is 30.2 Å². The summed E-state index contributed by atoms with van der Waals surface area (Å²) in [5.74, 6) is 0. The fourth-order valence-electron chi connectivity index (χ4n) is 5.54. The molecule has 4 rings (SSSR count). The standard InChI is InChI=1S/C32H41NO2/c1-30(2,3)26-18-20-29(21-19-26)32(34,33-24-12-7-13-25-33)23-22-31(35-4,27-14-8-5-9-15-27)28-16-10-6-11-17-28/h5-6,8-11,14-21,34H,7,12-13,22-25H2,1-4H3. The first-order chi connectivity index (χ1) is 16.8. The summed E-state index contributed by atoms with van der Waals surface area (Å²) < 4.78 is 6.36. The minimum Gasteiger partial charge on any atom is -0.371 e. The third kappa shape index (κ3) is 5.38. The number of benzene rings is 3. The van der Waals surface area contributed by atoms with E-state index in [1.165, 1.54) is 12.0 Å². The van der Waals surface area contributed by atoms with Crippen molar-refractivity contribution in [2.45, 2.75) is 69.6 Å². The summed E-state index contributed by atoms with van der Waals surface area (Å²) in [7, 11) is 1.79. The Hall–Kier alpha value is -2.46. The second kappa shape index (κ2) is 10.7. The molecule has 1 aliphatic rings. The Kier molecular flexibility index (Phi) is 7.80. The van der Waals surface area contributed by atoms with Gasteiger partial charge in [-0.2, -0.15) is 0 Å². The van der Waals surface area contributed by atoms with Crippen LogP contribution in [0.5, 0.6) is 0 Å². The van der Waals surface area contributed by atoms with Crippen LogP contribution in [0, 0.1) is 0 Å². The molecule has 1 aliphatic heterocycles. The second-order valence-electron chi connectivity index (χ2n) is 11.0. The molecule has 3 heteroatoms. The minimum absolute atomic E-state index is 0.0770. The fourth-order valence-corrected chi connectivity index (χ4v) is 5.54. The lowest BCUT2D eigenvalue weighted by atomic mass is 9.79. The van der Waals surface area contributed by atoms with E-state index in [4.69, 9.17) is 4.74 Å². The number of rotatable bonds is 8. The van der Waals surface area contributed by atoms with Crippen LogP contribution in [0.1, 0.15) is 75.1 Å². The Morgan fingerprint density at radius 1 is 0.657 bits per heavy atom. The van der Waals surface area contributed by atoms with Gasteiger partial charge < -0.3 is 9.84 Å². The highest BCUT2D eigenvalue weighted by molar-refractivity contribution is 5.37. The molecule has 0 amide bonds. The summed E-state index contributed by atoms with van der Waals surface area (Å²) in [6, 6.07) is 29.5. The maximum Gasteiger partial charge on any atom is 0.144 e. The van der Waals surface area contributed by atoms with Gasteiger partial charge in [0.1, 0.15) is 11.3 Å². The first-order valence-corrected chi connectivity index (χ1v) is 13.0. The maximum atomic E-state index is 12.4. The van der Waals surface area contributed by atoms with Crippen LogP contribution in [0.4, 0.5) is 0 Å². The molecule has 0 saturated carbocycles. The van der Waals surface area contributed by atoms with Crippen LogP contribution in [0.2, 0.25) is 0 Å². The predicted molar refractivity (Wildman–Crippen MR) is 144 cm³/mol. The summed E-state index contributed by atoms with van der Waals surface area (Å²) in [5.41, 5.74) is 2.85. The Balaban J connectivity index is 1.74. The molecule has 0 spiro atoms. The fraction of sp³-hybridized carbons (Fsp3) is 0.438. The van der Waals surface area contributed by atoms with Crippen molar-refractivity contribution in [1.82, 2.24) is 4.90 Å². The molecule has 1 fully saturated rings. The van der Waals surface area contributed by atoms with E-state index in [9.17, 15) is 5.11 Å². The number of piperidine rings is 1. The molecule has 1 saturated heterocycles. The highest BCUT2D eigenvalue weighted by Gasteiger charge is 2.42. The topological polar surface area (TPSA) is 32.7 Å². The van der Waals surface area contributed by atoms with Crippen molar-refractivity contribution in [3.63, 3.8) is 0 Å².